The van der Waals surface area contributed by atoms with E-state index in [4.69, 9.17) is 0 Å². The Morgan fingerprint density at radius 1 is 1.12 bits per heavy atom. The third-order valence-electron chi connectivity index (χ3n) is 5.15. The van der Waals surface area contributed by atoms with Crippen molar-refractivity contribution in [1.29, 1.82) is 0 Å². The predicted molar refractivity (Wildman–Crippen MR) is 101 cm³/mol. The molecule has 1 atom stereocenters. The van der Waals surface area contributed by atoms with Gasteiger partial charge in [-0.1, -0.05) is 48.9 Å². The van der Waals surface area contributed by atoms with Crippen LogP contribution in [0.1, 0.15) is 30.9 Å². The molecule has 3 aromatic rings. The van der Waals surface area contributed by atoms with Crippen LogP contribution in [-0.2, 0) is 11.3 Å². The molecule has 0 spiro atoms. The zero-order valence-electron chi connectivity index (χ0n) is 14.5. The standard InChI is InChI=1S/C21H21N3O2/c25-19-13-22-24(18-12-5-4-11-17(18)19)14-20(26)23-21(16-9-6-10-16)15-7-2-1-3-8-15/h1-5,7-8,11-13,16,21H,6,9-10,14H2,(H,23,26)/t21-/m0/s1. The molecule has 1 aliphatic carbocycles. The van der Waals surface area contributed by atoms with Crippen molar-refractivity contribution >= 4 is 16.8 Å². The number of aromatic nitrogens is 2. The quantitative estimate of drug-likeness (QED) is 0.771. The second kappa shape index (κ2) is 7.12. The van der Waals surface area contributed by atoms with Crippen molar-refractivity contribution < 1.29 is 4.79 Å². The Hall–Kier alpha value is -2.95. The van der Waals surface area contributed by atoms with Crippen LogP contribution in [0.25, 0.3) is 10.9 Å². The lowest BCUT2D eigenvalue weighted by atomic mass is 9.77. The van der Waals surface area contributed by atoms with Crippen LogP contribution in [0.15, 0.2) is 65.6 Å². The SMILES string of the molecule is O=C(Cn1ncc(=O)c2ccccc21)N[C@@H](c1ccccc1)C1CCC1. The van der Waals surface area contributed by atoms with Gasteiger partial charge in [0.25, 0.3) is 0 Å². The van der Waals surface area contributed by atoms with Crippen molar-refractivity contribution in [2.75, 3.05) is 0 Å². The lowest BCUT2D eigenvalue weighted by Crippen LogP contribution is -2.38. The van der Waals surface area contributed by atoms with E-state index in [-0.39, 0.29) is 23.9 Å². The number of hydrogen-bond donors (Lipinski definition) is 1. The molecular weight excluding hydrogens is 326 g/mol. The fourth-order valence-corrected chi connectivity index (χ4v) is 3.55. The molecule has 1 aliphatic rings. The molecule has 1 saturated carbocycles. The number of carbonyl (C=O) groups is 1. The highest BCUT2D eigenvalue weighted by atomic mass is 16.2. The van der Waals surface area contributed by atoms with Crippen LogP contribution in [0.2, 0.25) is 0 Å². The first kappa shape index (κ1) is 16.5. The molecule has 1 amide bonds. The monoisotopic (exact) mass is 347 g/mol. The minimum Gasteiger partial charge on any atom is -0.347 e. The Labute approximate surface area is 151 Å². The van der Waals surface area contributed by atoms with Gasteiger partial charge in [0.15, 0.2) is 0 Å². The maximum Gasteiger partial charge on any atom is 0.242 e. The van der Waals surface area contributed by atoms with Crippen LogP contribution in [-0.4, -0.2) is 15.7 Å². The highest BCUT2D eigenvalue weighted by molar-refractivity contribution is 5.81. The summed E-state index contributed by atoms with van der Waals surface area (Å²) in [5.74, 6) is 0.395. The van der Waals surface area contributed by atoms with E-state index in [0.29, 0.717) is 16.8 Å². The van der Waals surface area contributed by atoms with Crippen LogP contribution in [0, 0.1) is 5.92 Å². The van der Waals surface area contributed by atoms with Crippen molar-refractivity contribution in [3.05, 3.63) is 76.6 Å². The zero-order chi connectivity index (χ0) is 17.9. The van der Waals surface area contributed by atoms with Gasteiger partial charge in [0, 0.05) is 5.39 Å². The lowest BCUT2D eigenvalue weighted by molar-refractivity contribution is -0.123. The van der Waals surface area contributed by atoms with Crippen LogP contribution in [0.4, 0.5) is 0 Å². The molecule has 0 bridgehead atoms. The van der Waals surface area contributed by atoms with E-state index < -0.39 is 0 Å². The topological polar surface area (TPSA) is 64.0 Å². The average Bonchev–Trinajstić information content (AvgIpc) is 2.63. The Morgan fingerprint density at radius 3 is 2.58 bits per heavy atom. The summed E-state index contributed by atoms with van der Waals surface area (Å²) in [4.78, 5) is 24.7. The maximum atomic E-state index is 12.7. The van der Waals surface area contributed by atoms with Gasteiger partial charge >= 0.3 is 0 Å². The first-order chi connectivity index (χ1) is 12.7. The zero-order valence-corrected chi connectivity index (χ0v) is 14.5. The van der Waals surface area contributed by atoms with Gasteiger partial charge in [-0.15, -0.1) is 0 Å². The molecule has 1 fully saturated rings. The first-order valence-electron chi connectivity index (χ1n) is 9.01. The number of amides is 1. The summed E-state index contributed by atoms with van der Waals surface area (Å²) >= 11 is 0. The van der Waals surface area contributed by atoms with Crippen molar-refractivity contribution in [3.63, 3.8) is 0 Å². The molecule has 1 N–H and O–H groups in total. The minimum absolute atomic E-state index is 0.0306. The third-order valence-corrected chi connectivity index (χ3v) is 5.15. The van der Waals surface area contributed by atoms with Crippen LogP contribution in [0.3, 0.4) is 0 Å². The second-order valence-electron chi connectivity index (χ2n) is 6.83. The van der Waals surface area contributed by atoms with Crippen LogP contribution < -0.4 is 10.7 Å². The molecule has 5 nitrogen and oxygen atoms in total. The first-order valence-corrected chi connectivity index (χ1v) is 9.01. The van der Waals surface area contributed by atoms with Crippen LogP contribution >= 0.6 is 0 Å². The largest absolute Gasteiger partial charge is 0.347 e. The molecule has 1 heterocycles. The number of para-hydroxylation sites is 1. The van der Waals surface area contributed by atoms with Gasteiger partial charge in [-0.25, -0.2) is 0 Å². The average molecular weight is 347 g/mol. The molecule has 0 unspecified atom stereocenters. The van der Waals surface area contributed by atoms with E-state index in [1.54, 1.807) is 10.7 Å². The summed E-state index contributed by atoms with van der Waals surface area (Å²) in [7, 11) is 0. The van der Waals surface area contributed by atoms with Gasteiger partial charge in [0.1, 0.15) is 6.54 Å². The number of fused-ring (bicyclic) bond motifs is 1. The van der Waals surface area contributed by atoms with Crippen molar-refractivity contribution in [2.24, 2.45) is 5.92 Å². The fraction of sp³-hybridized carbons (Fsp3) is 0.286. The molecule has 26 heavy (non-hydrogen) atoms. The maximum absolute atomic E-state index is 12.7. The number of nitrogens with one attached hydrogen (secondary N) is 1. The Bertz CT molecular complexity index is 977. The molecule has 132 valence electrons. The van der Waals surface area contributed by atoms with Gasteiger partial charge in [0.05, 0.1) is 17.8 Å². The summed E-state index contributed by atoms with van der Waals surface area (Å²) < 4.78 is 1.59. The highest BCUT2D eigenvalue weighted by Gasteiger charge is 2.29. The summed E-state index contributed by atoms with van der Waals surface area (Å²) in [6.45, 7) is 0.0941. The Kier molecular flexibility index (Phi) is 4.52. The number of hydrogen-bond acceptors (Lipinski definition) is 3. The van der Waals surface area contributed by atoms with E-state index in [2.05, 4.69) is 22.5 Å². The van der Waals surface area contributed by atoms with E-state index in [0.717, 1.165) is 18.4 Å². The van der Waals surface area contributed by atoms with Gasteiger partial charge in [-0.2, -0.15) is 5.10 Å². The number of benzene rings is 2. The van der Waals surface area contributed by atoms with E-state index in [1.807, 2.05) is 36.4 Å². The van der Waals surface area contributed by atoms with Crippen molar-refractivity contribution in [2.45, 2.75) is 31.8 Å². The Balaban J connectivity index is 1.56. The number of nitrogens with zero attached hydrogens (tertiary/aromatic N) is 2. The second-order valence-corrected chi connectivity index (χ2v) is 6.83. The van der Waals surface area contributed by atoms with Crippen molar-refractivity contribution in [3.8, 4) is 0 Å². The molecule has 0 aliphatic heterocycles. The number of rotatable bonds is 5. The molecule has 1 aromatic heterocycles. The van der Waals surface area contributed by atoms with Gasteiger partial charge in [-0.3, -0.25) is 14.3 Å². The molecule has 0 saturated heterocycles. The van der Waals surface area contributed by atoms with Crippen LogP contribution in [0.5, 0.6) is 0 Å². The van der Waals surface area contributed by atoms with Gasteiger partial charge in [0.2, 0.25) is 11.3 Å². The van der Waals surface area contributed by atoms with Gasteiger partial charge in [-0.05, 0) is 36.5 Å². The molecular formula is C21H21N3O2. The van der Waals surface area contributed by atoms with E-state index >= 15 is 0 Å². The summed E-state index contributed by atoms with van der Waals surface area (Å²) in [5, 5.41) is 7.91. The normalized spacial score (nSPS) is 15.4. The number of carbonyl (C=O) groups excluding carboxylic acids is 1. The smallest absolute Gasteiger partial charge is 0.242 e. The summed E-state index contributed by atoms with van der Waals surface area (Å²) in [6.07, 6.45) is 4.77. The molecule has 4 rings (SSSR count). The van der Waals surface area contributed by atoms with Gasteiger partial charge < -0.3 is 5.32 Å². The van der Waals surface area contributed by atoms with E-state index in [9.17, 15) is 9.59 Å². The fourth-order valence-electron chi connectivity index (χ4n) is 3.55. The Morgan fingerprint density at radius 2 is 1.85 bits per heavy atom. The summed E-state index contributed by atoms with van der Waals surface area (Å²) in [5.41, 5.74) is 1.69. The van der Waals surface area contributed by atoms with E-state index in [1.165, 1.54) is 12.6 Å². The highest BCUT2D eigenvalue weighted by Crippen LogP contribution is 2.37. The summed E-state index contributed by atoms with van der Waals surface area (Å²) in [6, 6.07) is 17.4. The van der Waals surface area contributed by atoms with Crippen molar-refractivity contribution in [1.82, 2.24) is 15.1 Å². The third kappa shape index (κ3) is 3.25. The molecule has 0 radical (unpaired) electrons. The lowest BCUT2D eigenvalue weighted by Gasteiger charge is -2.34. The molecule has 2 aromatic carbocycles. The molecule has 5 heteroatoms. The minimum atomic E-state index is -0.131. The predicted octanol–water partition coefficient (Wildman–Crippen LogP) is 3.05.